The molecule has 1 unspecified atom stereocenters. The van der Waals surface area contributed by atoms with E-state index in [0.29, 0.717) is 38.5 Å². The molecule has 0 spiro atoms. The summed E-state index contributed by atoms with van der Waals surface area (Å²) in [6, 6.07) is 11.5. The van der Waals surface area contributed by atoms with Crippen LogP contribution in [0, 0.1) is 5.92 Å². The molecule has 9 nitrogen and oxygen atoms in total. The van der Waals surface area contributed by atoms with E-state index in [0.717, 1.165) is 30.4 Å². The minimum Gasteiger partial charge on any atom is -0.497 e. The van der Waals surface area contributed by atoms with Crippen molar-refractivity contribution in [1.29, 1.82) is 0 Å². The molecule has 0 saturated carbocycles. The van der Waals surface area contributed by atoms with Crippen molar-refractivity contribution in [3.05, 3.63) is 36.4 Å². The van der Waals surface area contributed by atoms with E-state index in [9.17, 15) is 9.59 Å². The molecule has 1 aromatic heterocycles. The molecule has 2 aromatic rings. The van der Waals surface area contributed by atoms with Crippen LogP contribution < -0.4 is 19.4 Å². The first-order chi connectivity index (χ1) is 16.6. The van der Waals surface area contributed by atoms with Gasteiger partial charge in [-0.3, -0.25) is 9.59 Å². The van der Waals surface area contributed by atoms with Gasteiger partial charge in [0.25, 0.3) is 0 Å². The molecule has 0 radical (unpaired) electrons. The Hall–Kier alpha value is -3.36. The average molecular weight is 465 g/mol. The van der Waals surface area contributed by atoms with Gasteiger partial charge in [-0.05, 0) is 43.5 Å². The quantitative estimate of drug-likeness (QED) is 0.671. The second kappa shape index (κ2) is 9.87. The number of amides is 2. The molecule has 5 rings (SSSR count). The molecule has 1 atom stereocenters. The van der Waals surface area contributed by atoms with Gasteiger partial charge in [-0.15, -0.1) is 10.2 Å². The second-order valence-corrected chi connectivity index (χ2v) is 9.22. The van der Waals surface area contributed by atoms with Gasteiger partial charge in [-0.1, -0.05) is 6.07 Å². The Morgan fingerprint density at radius 2 is 1.59 bits per heavy atom. The number of piperidine rings is 1. The third kappa shape index (κ3) is 4.64. The van der Waals surface area contributed by atoms with Crippen LogP contribution in [0.15, 0.2) is 36.4 Å². The van der Waals surface area contributed by atoms with Gasteiger partial charge in [0.1, 0.15) is 5.75 Å². The van der Waals surface area contributed by atoms with Crippen LogP contribution in [0.1, 0.15) is 25.7 Å². The Kier molecular flexibility index (Phi) is 6.51. The van der Waals surface area contributed by atoms with Crippen LogP contribution >= 0.6 is 0 Å². The van der Waals surface area contributed by atoms with Gasteiger partial charge in [0.05, 0.1) is 13.0 Å². The number of anilines is 3. The highest BCUT2D eigenvalue weighted by molar-refractivity contribution is 6.00. The molecule has 4 heterocycles. The number of rotatable bonds is 5. The maximum absolute atomic E-state index is 13.2. The number of piperazine rings is 1. The molecule has 9 heteroatoms. The largest absolute Gasteiger partial charge is 0.497 e. The summed E-state index contributed by atoms with van der Waals surface area (Å²) in [6.07, 6.45) is 3.96. The Labute approximate surface area is 200 Å². The van der Waals surface area contributed by atoms with Gasteiger partial charge >= 0.3 is 0 Å². The van der Waals surface area contributed by atoms with Gasteiger partial charge in [0, 0.05) is 64.0 Å². The summed E-state index contributed by atoms with van der Waals surface area (Å²) < 4.78 is 5.27. The van der Waals surface area contributed by atoms with Gasteiger partial charge in [-0.25, -0.2) is 0 Å². The van der Waals surface area contributed by atoms with Gasteiger partial charge in [-0.2, -0.15) is 0 Å². The normalized spacial score (nSPS) is 21.2. The summed E-state index contributed by atoms with van der Waals surface area (Å²) in [5.74, 6) is 2.23. The fourth-order valence-electron chi connectivity index (χ4n) is 5.09. The van der Waals surface area contributed by atoms with E-state index in [2.05, 4.69) is 26.1 Å². The van der Waals surface area contributed by atoms with Crippen molar-refractivity contribution in [2.75, 3.05) is 67.6 Å². The summed E-state index contributed by atoms with van der Waals surface area (Å²) in [6.45, 7) is 5.18. The highest BCUT2D eigenvalue weighted by Crippen LogP contribution is 2.29. The van der Waals surface area contributed by atoms with Crippen molar-refractivity contribution in [2.24, 2.45) is 5.92 Å². The van der Waals surface area contributed by atoms with E-state index >= 15 is 0 Å². The van der Waals surface area contributed by atoms with Crippen LogP contribution in [-0.4, -0.2) is 79.8 Å². The number of carbonyl (C=O) groups excluding carboxylic acids is 2. The van der Waals surface area contributed by atoms with E-state index in [1.165, 1.54) is 19.3 Å². The number of methoxy groups -OCH3 is 1. The lowest BCUT2D eigenvalue weighted by Gasteiger charge is -2.36. The lowest BCUT2D eigenvalue weighted by atomic mass is 10.1. The first-order valence-corrected chi connectivity index (χ1v) is 12.2. The van der Waals surface area contributed by atoms with Crippen LogP contribution in [0.3, 0.4) is 0 Å². The standard InChI is InChI=1S/C25H32N6O3/c1-34-21-7-5-6-20(17-21)31-18-19(16-24(31)32)25(33)30-14-12-29(13-15-30)23-9-8-22(26-27-23)28-10-3-2-4-11-28/h5-9,17,19H,2-4,10-16,18H2,1H3. The molecule has 0 aliphatic carbocycles. The Morgan fingerprint density at radius 3 is 2.24 bits per heavy atom. The number of ether oxygens (including phenoxy) is 1. The predicted octanol–water partition coefficient (Wildman–Crippen LogP) is 2.18. The molecular formula is C25H32N6O3. The van der Waals surface area contributed by atoms with E-state index in [1.54, 1.807) is 12.0 Å². The van der Waals surface area contributed by atoms with Crippen molar-refractivity contribution in [3.8, 4) is 5.75 Å². The van der Waals surface area contributed by atoms with Crippen molar-refractivity contribution in [1.82, 2.24) is 15.1 Å². The van der Waals surface area contributed by atoms with E-state index < -0.39 is 0 Å². The summed E-state index contributed by atoms with van der Waals surface area (Å²) in [5.41, 5.74) is 0.774. The van der Waals surface area contributed by atoms with Crippen molar-refractivity contribution >= 4 is 29.1 Å². The van der Waals surface area contributed by atoms with E-state index in [4.69, 9.17) is 4.74 Å². The van der Waals surface area contributed by atoms with Gasteiger partial charge in [0.15, 0.2) is 11.6 Å². The molecule has 180 valence electrons. The zero-order valence-electron chi connectivity index (χ0n) is 19.7. The molecular weight excluding hydrogens is 432 g/mol. The minimum atomic E-state index is -0.311. The average Bonchev–Trinajstić information content (AvgIpc) is 3.30. The van der Waals surface area contributed by atoms with Gasteiger partial charge in [0.2, 0.25) is 11.8 Å². The molecule has 0 bridgehead atoms. The Balaban J connectivity index is 1.15. The second-order valence-electron chi connectivity index (χ2n) is 9.22. The zero-order chi connectivity index (χ0) is 23.5. The van der Waals surface area contributed by atoms with E-state index in [-0.39, 0.29) is 24.2 Å². The SMILES string of the molecule is COc1cccc(N2CC(C(=O)N3CCN(c4ccc(N5CCCCC5)nn4)CC3)CC2=O)c1. The lowest BCUT2D eigenvalue weighted by molar-refractivity contribution is -0.136. The van der Waals surface area contributed by atoms with Crippen molar-refractivity contribution < 1.29 is 14.3 Å². The monoisotopic (exact) mass is 464 g/mol. The molecule has 0 N–H and O–H groups in total. The first kappa shape index (κ1) is 22.4. The van der Waals surface area contributed by atoms with Crippen molar-refractivity contribution in [3.63, 3.8) is 0 Å². The first-order valence-electron chi connectivity index (χ1n) is 12.2. The third-order valence-corrected chi connectivity index (χ3v) is 7.07. The molecule has 1 aromatic carbocycles. The lowest BCUT2D eigenvalue weighted by Crippen LogP contribution is -2.51. The van der Waals surface area contributed by atoms with E-state index in [1.807, 2.05) is 35.2 Å². The number of hydrogen-bond acceptors (Lipinski definition) is 7. The zero-order valence-corrected chi connectivity index (χ0v) is 19.7. The summed E-state index contributed by atoms with van der Waals surface area (Å²) in [4.78, 5) is 33.9. The third-order valence-electron chi connectivity index (χ3n) is 7.07. The highest BCUT2D eigenvalue weighted by atomic mass is 16.5. The topological polar surface area (TPSA) is 82.1 Å². The minimum absolute atomic E-state index is 0.0192. The number of nitrogens with zero attached hydrogens (tertiary/aromatic N) is 6. The van der Waals surface area contributed by atoms with Crippen LogP contribution in [0.2, 0.25) is 0 Å². The Bertz CT molecular complexity index is 1020. The van der Waals surface area contributed by atoms with Crippen LogP contribution in [0.4, 0.5) is 17.3 Å². The summed E-state index contributed by atoms with van der Waals surface area (Å²) in [5, 5.41) is 8.92. The molecule has 2 amide bonds. The highest BCUT2D eigenvalue weighted by Gasteiger charge is 2.38. The fourth-order valence-corrected chi connectivity index (χ4v) is 5.09. The van der Waals surface area contributed by atoms with Crippen LogP contribution in [-0.2, 0) is 9.59 Å². The van der Waals surface area contributed by atoms with Crippen molar-refractivity contribution in [2.45, 2.75) is 25.7 Å². The maximum atomic E-state index is 13.2. The molecule has 3 fully saturated rings. The van der Waals surface area contributed by atoms with Crippen LogP contribution in [0.5, 0.6) is 5.75 Å². The smallest absolute Gasteiger partial charge is 0.228 e. The number of aromatic nitrogens is 2. The molecule has 3 aliphatic rings. The molecule has 3 saturated heterocycles. The summed E-state index contributed by atoms with van der Waals surface area (Å²) >= 11 is 0. The molecule has 34 heavy (non-hydrogen) atoms. The predicted molar refractivity (Wildman–Crippen MR) is 130 cm³/mol. The number of carbonyl (C=O) groups is 2. The summed E-state index contributed by atoms with van der Waals surface area (Å²) in [7, 11) is 1.60. The Morgan fingerprint density at radius 1 is 0.912 bits per heavy atom. The number of hydrogen-bond donors (Lipinski definition) is 0. The number of benzene rings is 1. The van der Waals surface area contributed by atoms with Gasteiger partial charge < -0.3 is 24.3 Å². The van der Waals surface area contributed by atoms with Crippen LogP contribution in [0.25, 0.3) is 0 Å². The maximum Gasteiger partial charge on any atom is 0.228 e. The molecule has 3 aliphatic heterocycles. The fraction of sp³-hybridized carbons (Fsp3) is 0.520.